The molecule has 3 rings (SSSR count). The van der Waals surface area contributed by atoms with Crippen molar-refractivity contribution in [1.82, 2.24) is 4.31 Å². The third-order valence-corrected chi connectivity index (χ3v) is 8.03. The van der Waals surface area contributed by atoms with Gasteiger partial charge in [0.2, 0.25) is 15.9 Å². The van der Waals surface area contributed by atoms with E-state index in [-0.39, 0.29) is 24.1 Å². The van der Waals surface area contributed by atoms with Crippen LogP contribution < -0.4 is 5.32 Å². The van der Waals surface area contributed by atoms with Gasteiger partial charge in [-0.25, -0.2) is 12.7 Å². The number of aryl methyl sites for hydroxylation is 2. The zero-order chi connectivity index (χ0) is 21.9. The Labute approximate surface area is 188 Å². The van der Waals surface area contributed by atoms with Crippen LogP contribution in [0.4, 0.5) is 5.69 Å². The number of halogens is 2. The maximum absolute atomic E-state index is 13.0. The van der Waals surface area contributed by atoms with Crippen molar-refractivity contribution < 1.29 is 13.2 Å². The maximum Gasteiger partial charge on any atom is 0.228 e. The molecule has 0 radical (unpaired) electrons. The minimum absolute atomic E-state index is 0.131. The molecule has 1 amide bonds. The van der Waals surface area contributed by atoms with Crippen LogP contribution in [0.15, 0.2) is 36.4 Å². The van der Waals surface area contributed by atoms with Crippen LogP contribution in [0.1, 0.15) is 36.5 Å². The molecule has 2 aromatic carbocycles. The standard InChI is InChI=1S/C22H26Cl2N2O3S/c1-3-17-7-4-6-15(2)21(17)25-22(27)18-8-5-11-26(13-18)30(28,29)14-16-9-10-19(23)20(24)12-16/h4,6-7,9-10,12,18H,3,5,8,11,13-14H2,1-2H3,(H,25,27). The summed E-state index contributed by atoms with van der Waals surface area (Å²) >= 11 is 11.9. The van der Waals surface area contributed by atoms with Gasteiger partial charge in [-0.1, -0.05) is 54.4 Å². The molecule has 0 aliphatic carbocycles. The molecule has 1 saturated heterocycles. The molecule has 0 aromatic heterocycles. The molecular formula is C22H26Cl2N2O3S. The molecule has 1 heterocycles. The number of para-hydroxylation sites is 1. The second-order valence-corrected chi connectivity index (χ2v) is 10.4. The number of nitrogens with one attached hydrogen (secondary N) is 1. The zero-order valence-electron chi connectivity index (χ0n) is 17.1. The van der Waals surface area contributed by atoms with Gasteiger partial charge in [-0.05, 0) is 55.0 Å². The van der Waals surface area contributed by atoms with Crippen molar-refractivity contribution in [3.05, 3.63) is 63.1 Å². The highest BCUT2D eigenvalue weighted by molar-refractivity contribution is 7.88. The highest BCUT2D eigenvalue weighted by Crippen LogP contribution is 2.27. The van der Waals surface area contributed by atoms with Crippen LogP contribution in [0.25, 0.3) is 0 Å². The fourth-order valence-electron chi connectivity index (χ4n) is 3.77. The number of carbonyl (C=O) groups is 1. The lowest BCUT2D eigenvalue weighted by molar-refractivity contribution is -0.120. The van der Waals surface area contributed by atoms with Gasteiger partial charge < -0.3 is 5.32 Å². The average Bonchev–Trinajstić information content (AvgIpc) is 2.72. The van der Waals surface area contributed by atoms with Gasteiger partial charge in [0.15, 0.2) is 0 Å². The van der Waals surface area contributed by atoms with Crippen molar-refractivity contribution in [2.75, 3.05) is 18.4 Å². The molecule has 1 fully saturated rings. The fraction of sp³-hybridized carbons (Fsp3) is 0.409. The van der Waals surface area contributed by atoms with Gasteiger partial charge in [-0.2, -0.15) is 0 Å². The highest BCUT2D eigenvalue weighted by Gasteiger charge is 2.32. The number of rotatable bonds is 6. The predicted octanol–water partition coefficient (Wildman–Crippen LogP) is 5.04. The fourth-order valence-corrected chi connectivity index (χ4v) is 5.69. The summed E-state index contributed by atoms with van der Waals surface area (Å²) in [5.74, 6) is -0.684. The molecule has 1 N–H and O–H groups in total. The number of sulfonamides is 1. The van der Waals surface area contributed by atoms with Gasteiger partial charge in [-0.15, -0.1) is 0 Å². The van der Waals surface area contributed by atoms with Gasteiger partial charge in [0, 0.05) is 18.8 Å². The summed E-state index contributed by atoms with van der Waals surface area (Å²) in [6.07, 6.45) is 2.12. The second kappa shape index (κ2) is 9.69. The number of piperidine rings is 1. The molecule has 1 atom stereocenters. The molecule has 5 nitrogen and oxygen atoms in total. The molecule has 0 saturated carbocycles. The largest absolute Gasteiger partial charge is 0.325 e. The number of benzene rings is 2. The Morgan fingerprint density at radius 1 is 1.20 bits per heavy atom. The minimum atomic E-state index is -3.57. The Morgan fingerprint density at radius 3 is 2.67 bits per heavy atom. The third-order valence-electron chi connectivity index (χ3n) is 5.47. The first kappa shape index (κ1) is 23.1. The summed E-state index contributed by atoms with van der Waals surface area (Å²) in [7, 11) is -3.57. The van der Waals surface area contributed by atoms with Crippen molar-refractivity contribution in [3.8, 4) is 0 Å². The molecular weight excluding hydrogens is 443 g/mol. The molecule has 1 aliphatic rings. The highest BCUT2D eigenvalue weighted by atomic mass is 35.5. The van der Waals surface area contributed by atoms with E-state index in [0.717, 1.165) is 23.2 Å². The van der Waals surface area contributed by atoms with Crippen LogP contribution in [0.2, 0.25) is 10.0 Å². The Balaban J connectivity index is 1.71. The lowest BCUT2D eigenvalue weighted by Crippen LogP contribution is -2.44. The van der Waals surface area contributed by atoms with Crippen molar-refractivity contribution >= 4 is 44.8 Å². The minimum Gasteiger partial charge on any atom is -0.325 e. The first-order valence-electron chi connectivity index (χ1n) is 10.0. The number of hydrogen-bond donors (Lipinski definition) is 1. The summed E-state index contributed by atoms with van der Waals surface area (Å²) < 4.78 is 27.3. The van der Waals surface area contributed by atoms with E-state index in [1.807, 2.05) is 32.0 Å². The first-order chi connectivity index (χ1) is 14.2. The van der Waals surface area contributed by atoms with E-state index in [0.29, 0.717) is 35.0 Å². The molecule has 162 valence electrons. The summed E-state index contributed by atoms with van der Waals surface area (Å²) in [4.78, 5) is 12.9. The molecule has 30 heavy (non-hydrogen) atoms. The Bertz CT molecular complexity index is 1040. The lowest BCUT2D eigenvalue weighted by atomic mass is 9.98. The van der Waals surface area contributed by atoms with E-state index >= 15 is 0 Å². The van der Waals surface area contributed by atoms with E-state index in [4.69, 9.17) is 23.2 Å². The third kappa shape index (κ3) is 5.35. The van der Waals surface area contributed by atoms with Crippen LogP contribution in [0.5, 0.6) is 0 Å². The summed E-state index contributed by atoms with van der Waals surface area (Å²) in [6.45, 7) is 4.60. The van der Waals surface area contributed by atoms with Gasteiger partial charge in [0.1, 0.15) is 0 Å². The summed E-state index contributed by atoms with van der Waals surface area (Å²) in [6, 6.07) is 10.8. The molecule has 1 unspecified atom stereocenters. The Hall–Kier alpha value is -1.60. The zero-order valence-corrected chi connectivity index (χ0v) is 19.4. The molecule has 8 heteroatoms. The quantitative estimate of drug-likeness (QED) is 0.644. The summed E-state index contributed by atoms with van der Waals surface area (Å²) in [5, 5.41) is 3.75. The van der Waals surface area contributed by atoms with Crippen LogP contribution in [-0.4, -0.2) is 31.7 Å². The maximum atomic E-state index is 13.0. The Kier molecular flexibility index (Phi) is 7.45. The van der Waals surface area contributed by atoms with Crippen LogP contribution in [0.3, 0.4) is 0 Å². The topological polar surface area (TPSA) is 66.5 Å². The van der Waals surface area contributed by atoms with Gasteiger partial charge >= 0.3 is 0 Å². The number of nitrogens with zero attached hydrogens (tertiary/aromatic N) is 1. The van der Waals surface area contributed by atoms with Crippen molar-refractivity contribution in [2.45, 2.75) is 38.9 Å². The molecule has 0 spiro atoms. The normalized spacial score (nSPS) is 17.7. The van der Waals surface area contributed by atoms with E-state index in [1.54, 1.807) is 18.2 Å². The van der Waals surface area contributed by atoms with Gasteiger partial charge in [-0.3, -0.25) is 4.79 Å². The molecule has 2 aromatic rings. The average molecular weight is 469 g/mol. The Morgan fingerprint density at radius 2 is 1.97 bits per heavy atom. The number of hydrogen-bond acceptors (Lipinski definition) is 3. The van der Waals surface area contributed by atoms with Crippen molar-refractivity contribution in [2.24, 2.45) is 5.92 Å². The van der Waals surface area contributed by atoms with Crippen LogP contribution in [-0.2, 0) is 27.0 Å². The predicted molar refractivity (Wildman–Crippen MR) is 123 cm³/mol. The lowest BCUT2D eigenvalue weighted by Gasteiger charge is -2.31. The van der Waals surface area contributed by atoms with E-state index in [1.165, 1.54) is 4.31 Å². The van der Waals surface area contributed by atoms with E-state index < -0.39 is 10.0 Å². The number of anilines is 1. The SMILES string of the molecule is CCc1cccc(C)c1NC(=O)C1CCCN(S(=O)(=O)Cc2ccc(Cl)c(Cl)c2)C1. The smallest absolute Gasteiger partial charge is 0.228 e. The summed E-state index contributed by atoms with van der Waals surface area (Å²) in [5.41, 5.74) is 3.48. The molecule has 0 bridgehead atoms. The van der Waals surface area contributed by atoms with Crippen molar-refractivity contribution in [3.63, 3.8) is 0 Å². The monoisotopic (exact) mass is 468 g/mol. The second-order valence-electron chi connectivity index (χ2n) is 7.65. The molecule has 1 aliphatic heterocycles. The number of amides is 1. The van der Waals surface area contributed by atoms with Crippen LogP contribution in [0, 0.1) is 12.8 Å². The van der Waals surface area contributed by atoms with Crippen LogP contribution >= 0.6 is 23.2 Å². The van der Waals surface area contributed by atoms with E-state index in [9.17, 15) is 13.2 Å². The van der Waals surface area contributed by atoms with Gasteiger partial charge in [0.05, 0.1) is 21.7 Å². The first-order valence-corrected chi connectivity index (χ1v) is 12.4. The van der Waals surface area contributed by atoms with Gasteiger partial charge in [0.25, 0.3) is 0 Å². The van der Waals surface area contributed by atoms with Crippen molar-refractivity contribution in [1.29, 1.82) is 0 Å². The van der Waals surface area contributed by atoms with E-state index in [2.05, 4.69) is 5.32 Å². The number of carbonyl (C=O) groups excluding carboxylic acids is 1.